The maximum Gasteiger partial charge on any atom is 0.410 e. The maximum atomic E-state index is 13.1. The third-order valence-electron chi connectivity index (χ3n) is 5.48. The SMILES string of the molecule is CC(C)N(CCC(=O)Nc1sc2c(c1-c1nc(Br)cs1)CCN(C(=O)OC(C)(C)C)C2)C(=O)OC(C)(C)C. The highest BCUT2D eigenvalue weighted by Gasteiger charge is 2.32. The minimum Gasteiger partial charge on any atom is -0.444 e. The van der Waals surface area contributed by atoms with E-state index in [1.807, 2.05) is 60.8 Å². The number of amides is 3. The molecule has 38 heavy (non-hydrogen) atoms. The van der Waals surface area contributed by atoms with Crippen LogP contribution in [-0.2, 0) is 27.2 Å². The van der Waals surface area contributed by atoms with Crippen LogP contribution < -0.4 is 5.32 Å². The lowest BCUT2D eigenvalue weighted by molar-refractivity contribution is -0.116. The normalized spacial score (nSPS) is 13.8. The molecule has 0 aromatic carbocycles. The first-order valence-electron chi connectivity index (χ1n) is 12.6. The zero-order valence-electron chi connectivity index (χ0n) is 23.3. The van der Waals surface area contributed by atoms with Crippen LogP contribution in [0.5, 0.6) is 0 Å². The van der Waals surface area contributed by atoms with Crippen molar-refractivity contribution in [2.45, 2.75) is 92.0 Å². The van der Waals surface area contributed by atoms with Crippen molar-refractivity contribution >= 4 is 61.7 Å². The number of ether oxygens (including phenoxy) is 2. The first-order chi connectivity index (χ1) is 17.5. The standard InChI is InChI=1S/C26H37BrN4O5S2/c1-15(2)31(24(34)36-26(6,7)8)12-10-19(32)29-22-20(21-28-18(27)14-37-21)16-9-11-30(13-17(16)38-22)23(33)35-25(3,4)5/h14-15H,9-13H2,1-8H3,(H,29,32). The lowest BCUT2D eigenvalue weighted by Crippen LogP contribution is -2.42. The predicted octanol–water partition coefficient (Wildman–Crippen LogP) is 6.90. The number of anilines is 1. The van der Waals surface area contributed by atoms with Crippen LogP contribution in [0.1, 0.15) is 72.3 Å². The number of aromatic nitrogens is 1. The van der Waals surface area contributed by atoms with E-state index < -0.39 is 17.3 Å². The van der Waals surface area contributed by atoms with Crippen molar-refractivity contribution in [3.8, 4) is 10.6 Å². The Kier molecular flexibility index (Phi) is 9.52. The molecule has 3 heterocycles. The molecule has 0 unspecified atom stereocenters. The van der Waals surface area contributed by atoms with Crippen molar-refractivity contribution in [2.24, 2.45) is 0 Å². The number of fused-ring (bicyclic) bond motifs is 1. The molecule has 1 N–H and O–H groups in total. The van der Waals surface area contributed by atoms with Gasteiger partial charge in [-0.25, -0.2) is 14.6 Å². The van der Waals surface area contributed by atoms with Gasteiger partial charge in [-0.3, -0.25) is 4.79 Å². The third kappa shape index (κ3) is 8.16. The smallest absolute Gasteiger partial charge is 0.410 e. The van der Waals surface area contributed by atoms with Crippen LogP contribution in [0.2, 0.25) is 0 Å². The molecule has 2 aromatic rings. The Morgan fingerprint density at radius 1 is 1.16 bits per heavy atom. The molecule has 1 aliphatic rings. The van der Waals surface area contributed by atoms with Gasteiger partial charge in [0.15, 0.2) is 0 Å². The highest BCUT2D eigenvalue weighted by atomic mass is 79.9. The molecule has 0 saturated heterocycles. The minimum atomic E-state index is -0.618. The van der Waals surface area contributed by atoms with Crippen LogP contribution in [0.4, 0.5) is 14.6 Å². The summed E-state index contributed by atoms with van der Waals surface area (Å²) in [7, 11) is 0. The van der Waals surface area contributed by atoms with Crippen molar-refractivity contribution in [2.75, 3.05) is 18.4 Å². The summed E-state index contributed by atoms with van der Waals surface area (Å²) >= 11 is 6.37. The van der Waals surface area contributed by atoms with Gasteiger partial charge in [-0.05, 0) is 83.3 Å². The molecule has 0 saturated carbocycles. The average molecular weight is 630 g/mol. The summed E-state index contributed by atoms with van der Waals surface area (Å²) in [6.45, 7) is 15.9. The van der Waals surface area contributed by atoms with Gasteiger partial charge in [0.2, 0.25) is 5.91 Å². The van der Waals surface area contributed by atoms with Crippen molar-refractivity contribution in [3.63, 3.8) is 0 Å². The van der Waals surface area contributed by atoms with Crippen LogP contribution >= 0.6 is 38.6 Å². The van der Waals surface area contributed by atoms with E-state index in [4.69, 9.17) is 9.47 Å². The Balaban J connectivity index is 1.79. The summed E-state index contributed by atoms with van der Waals surface area (Å²) in [6, 6.07) is -0.117. The molecule has 0 spiro atoms. The Bertz CT molecular complexity index is 1180. The Labute approximate surface area is 241 Å². The van der Waals surface area contributed by atoms with Crippen molar-refractivity contribution in [1.29, 1.82) is 0 Å². The molecular weight excluding hydrogens is 592 g/mol. The van der Waals surface area contributed by atoms with Gasteiger partial charge in [-0.15, -0.1) is 22.7 Å². The quantitative estimate of drug-likeness (QED) is 0.373. The van der Waals surface area contributed by atoms with Gasteiger partial charge >= 0.3 is 12.2 Å². The Morgan fingerprint density at radius 3 is 2.37 bits per heavy atom. The summed E-state index contributed by atoms with van der Waals surface area (Å²) < 4.78 is 11.8. The van der Waals surface area contributed by atoms with Crippen molar-refractivity contribution < 1.29 is 23.9 Å². The van der Waals surface area contributed by atoms with Gasteiger partial charge in [0, 0.05) is 41.4 Å². The lowest BCUT2D eigenvalue weighted by atomic mass is 10.0. The molecule has 3 amide bonds. The summed E-state index contributed by atoms with van der Waals surface area (Å²) in [6.07, 6.45) is -0.0443. The number of halogens is 1. The number of carbonyl (C=O) groups is 3. The third-order valence-corrected chi connectivity index (χ3v) is 8.18. The highest BCUT2D eigenvalue weighted by Crippen LogP contribution is 2.45. The van der Waals surface area contributed by atoms with Crippen molar-refractivity contribution in [1.82, 2.24) is 14.8 Å². The van der Waals surface area contributed by atoms with Crippen LogP contribution in [0.15, 0.2) is 9.98 Å². The molecule has 12 heteroatoms. The zero-order valence-corrected chi connectivity index (χ0v) is 26.5. The average Bonchev–Trinajstić information content (AvgIpc) is 3.32. The topological polar surface area (TPSA) is 101 Å². The second kappa shape index (κ2) is 11.9. The fourth-order valence-corrected chi connectivity index (χ4v) is 6.54. The number of thiophene rings is 1. The van der Waals surface area contributed by atoms with Crippen LogP contribution in [0, 0.1) is 0 Å². The first-order valence-corrected chi connectivity index (χ1v) is 15.1. The monoisotopic (exact) mass is 628 g/mol. The molecule has 0 atom stereocenters. The van der Waals surface area contributed by atoms with Gasteiger partial charge in [-0.2, -0.15) is 0 Å². The summed E-state index contributed by atoms with van der Waals surface area (Å²) in [4.78, 5) is 47.3. The predicted molar refractivity (Wildman–Crippen MR) is 155 cm³/mol. The fraction of sp³-hybridized carbons (Fsp3) is 0.615. The van der Waals surface area contributed by atoms with Gasteiger partial charge in [0.25, 0.3) is 0 Å². The molecular formula is C26H37BrN4O5S2. The van der Waals surface area contributed by atoms with E-state index in [1.165, 1.54) is 22.7 Å². The number of carbonyl (C=O) groups excluding carboxylic acids is 3. The Hall–Kier alpha value is -2.18. The number of nitrogens with one attached hydrogen (secondary N) is 1. The van der Waals surface area contributed by atoms with Crippen LogP contribution in [-0.4, -0.2) is 63.2 Å². The Morgan fingerprint density at radius 2 is 1.82 bits per heavy atom. The molecule has 210 valence electrons. The molecule has 0 bridgehead atoms. The van der Waals surface area contributed by atoms with E-state index in [0.29, 0.717) is 24.5 Å². The van der Waals surface area contributed by atoms with Gasteiger partial charge < -0.3 is 24.6 Å². The number of hydrogen-bond acceptors (Lipinski definition) is 8. The first kappa shape index (κ1) is 30.4. The minimum absolute atomic E-state index is 0.116. The lowest BCUT2D eigenvalue weighted by Gasteiger charge is -2.30. The van der Waals surface area contributed by atoms with Crippen molar-refractivity contribution in [3.05, 3.63) is 20.4 Å². The highest BCUT2D eigenvalue weighted by molar-refractivity contribution is 9.10. The summed E-state index contributed by atoms with van der Waals surface area (Å²) in [5.74, 6) is -0.210. The van der Waals surface area contributed by atoms with E-state index in [0.717, 1.165) is 25.6 Å². The van der Waals surface area contributed by atoms with E-state index >= 15 is 0 Å². The maximum absolute atomic E-state index is 13.1. The number of rotatable bonds is 6. The largest absolute Gasteiger partial charge is 0.444 e. The molecule has 2 aromatic heterocycles. The molecule has 0 aliphatic carbocycles. The van der Waals surface area contributed by atoms with Gasteiger partial charge in [-0.1, -0.05) is 0 Å². The molecule has 9 nitrogen and oxygen atoms in total. The molecule has 1 aliphatic heterocycles. The fourth-order valence-electron chi connectivity index (χ4n) is 3.86. The summed E-state index contributed by atoms with van der Waals surface area (Å²) in [5.41, 5.74) is 0.787. The van der Waals surface area contributed by atoms with E-state index in [1.54, 1.807) is 9.80 Å². The van der Waals surface area contributed by atoms with Gasteiger partial charge in [0.05, 0.1) is 6.54 Å². The van der Waals surface area contributed by atoms with E-state index in [2.05, 4.69) is 26.2 Å². The number of hydrogen-bond donors (Lipinski definition) is 1. The molecule has 3 rings (SSSR count). The van der Waals surface area contributed by atoms with E-state index in [9.17, 15) is 14.4 Å². The zero-order chi connectivity index (χ0) is 28.4. The van der Waals surface area contributed by atoms with Gasteiger partial charge in [0.1, 0.15) is 25.8 Å². The molecule has 0 radical (unpaired) electrons. The summed E-state index contributed by atoms with van der Waals surface area (Å²) in [5, 5.41) is 6.46. The van der Waals surface area contributed by atoms with Crippen LogP contribution in [0.3, 0.4) is 0 Å². The second-order valence-corrected chi connectivity index (χ2v) is 14.2. The van der Waals surface area contributed by atoms with Crippen LogP contribution in [0.25, 0.3) is 10.6 Å². The number of thiazole rings is 1. The molecule has 0 fully saturated rings. The second-order valence-electron chi connectivity index (χ2n) is 11.4. The van der Waals surface area contributed by atoms with E-state index in [-0.39, 0.29) is 31.0 Å². The number of nitrogens with zero attached hydrogens (tertiary/aromatic N) is 3.